The number of amides is 1. The zero-order valence-corrected chi connectivity index (χ0v) is 42.2. The Morgan fingerprint density at radius 1 is 0.460 bits per heavy atom. The molecular weight excluding hydrogens is 779 g/mol. The van der Waals surface area contributed by atoms with E-state index < -0.39 is 18.2 Å². The summed E-state index contributed by atoms with van der Waals surface area (Å²) in [5.41, 5.74) is 0. The zero-order chi connectivity index (χ0) is 45.9. The molecule has 0 rings (SSSR count). The Morgan fingerprint density at radius 2 is 0.825 bits per heavy atom. The van der Waals surface area contributed by atoms with Crippen LogP contribution in [0.1, 0.15) is 290 Å². The number of hydrogen-bond donors (Lipinski definition) is 3. The summed E-state index contributed by atoms with van der Waals surface area (Å²) in [6.45, 7) is 6.48. The van der Waals surface area contributed by atoms with E-state index >= 15 is 0 Å². The summed E-state index contributed by atoms with van der Waals surface area (Å²) < 4.78 is 5.91. The fourth-order valence-corrected chi connectivity index (χ4v) is 8.48. The van der Waals surface area contributed by atoms with Crippen molar-refractivity contribution in [2.45, 2.75) is 309 Å². The second-order valence-electron chi connectivity index (χ2n) is 19.0. The van der Waals surface area contributed by atoms with Crippen LogP contribution >= 0.6 is 0 Å². The highest BCUT2D eigenvalue weighted by Crippen LogP contribution is 2.17. The van der Waals surface area contributed by atoms with Gasteiger partial charge in [-0.2, -0.15) is 0 Å². The molecule has 0 aliphatic carbocycles. The first-order valence-corrected chi connectivity index (χ1v) is 27.7. The number of carbonyl (C=O) groups is 2. The molecule has 0 heterocycles. The number of hydrogen-bond acceptors (Lipinski definition) is 5. The summed E-state index contributed by atoms with van der Waals surface area (Å²) in [4.78, 5) is 26.2. The Bertz CT molecular complexity index is 1040. The molecule has 0 fully saturated rings. The van der Waals surface area contributed by atoms with E-state index in [-0.39, 0.29) is 24.9 Å². The molecule has 0 spiro atoms. The lowest BCUT2D eigenvalue weighted by molar-refractivity contribution is -0.151. The first kappa shape index (κ1) is 61.1. The van der Waals surface area contributed by atoms with E-state index in [2.05, 4.69) is 62.5 Å². The molecule has 3 unspecified atom stereocenters. The minimum atomic E-state index is -0.797. The quantitative estimate of drug-likeness (QED) is 0.0245. The monoisotopic (exact) mass is 886 g/mol. The third-order valence-corrected chi connectivity index (χ3v) is 12.7. The van der Waals surface area contributed by atoms with Crippen molar-refractivity contribution >= 4 is 11.9 Å². The Balaban J connectivity index is 4.56. The minimum Gasteiger partial charge on any atom is -0.462 e. The normalized spacial score (nSPS) is 13.4. The number of unbranched alkanes of at least 4 members (excludes halogenated alkanes) is 33. The zero-order valence-electron chi connectivity index (χ0n) is 42.2. The van der Waals surface area contributed by atoms with E-state index in [1.165, 1.54) is 173 Å². The number of esters is 1. The maximum absolute atomic E-state index is 13.2. The number of allylic oxidation sites excluding steroid dienone is 6. The number of aliphatic hydroxyl groups excluding tert-OH is 2. The van der Waals surface area contributed by atoms with Gasteiger partial charge in [0.15, 0.2) is 0 Å². The van der Waals surface area contributed by atoms with Crippen LogP contribution in [0.5, 0.6) is 0 Å². The summed E-state index contributed by atoms with van der Waals surface area (Å²) in [7, 11) is 0. The summed E-state index contributed by atoms with van der Waals surface area (Å²) in [5, 5.41) is 23.8. The van der Waals surface area contributed by atoms with Gasteiger partial charge in [0.2, 0.25) is 5.91 Å². The Kier molecular flexibility index (Phi) is 49.5. The van der Waals surface area contributed by atoms with Crippen LogP contribution in [0.2, 0.25) is 0 Å². The molecule has 3 atom stereocenters. The lowest BCUT2D eigenvalue weighted by Crippen LogP contribution is -2.46. The van der Waals surface area contributed by atoms with Crippen LogP contribution in [0, 0.1) is 0 Å². The first-order chi connectivity index (χ1) is 31.0. The highest BCUT2D eigenvalue weighted by Gasteiger charge is 2.24. The summed E-state index contributed by atoms with van der Waals surface area (Å²) in [5.74, 6) is -0.524. The molecule has 6 nitrogen and oxygen atoms in total. The van der Waals surface area contributed by atoms with Crippen LogP contribution in [-0.2, 0) is 14.3 Å². The predicted molar refractivity (Wildman–Crippen MR) is 273 cm³/mol. The van der Waals surface area contributed by atoms with E-state index in [1.807, 2.05) is 0 Å². The van der Waals surface area contributed by atoms with Crippen molar-refractivity contribution in [2.24, 2.45) is 0 Å². The minimum absolute atomic E-state index is 0.0486. The van der Waals surface area contributed by atoms with Crippen molar-refractivity contribution < 1.29 is 24.5 Å². The van der Waals surface area contributed by atoms with E-state index in [0.717, 1.165) is 70.6 Å². The van der Waals surface area contributed by atoms with Gasteiger partial charge in [-0.25, -0.2) is 0 Å². The summed E-state index contributed by atoms with van der Waals surface area (Å²) in [6.07, 6.45) is 60.7. The number of nitrogens with one attached hydrogen (secondary N) is 1. The van der Waals surface area contributed by atoms with Gasteiger partial charge in [0.25, 0.3) is 0 Å². The fraction of sp³-hybridized carbons (Fsp3) is 0.860. The Hall–Kier alpha value is -1.92. The lowest BCUT2D eigenvalue weighted by atomic mass is 10.0. The van der Waals surface area contributed by atoms with Gasteiger partial charge < -0.3 is 20.3 Å². The second kappa shape index (κ2) is 51.1. The van der Waals surface area contributed by atoms with Gasteiger partial charge in [0.05, 0.1) is 25.2 Å². The smallest absolute Gasteiger partial charge is 0.306 e. The van der Waals surface area contributed by atoms with Crippen LogP contribution in [0.25, 0.3) is 0 Å². The van der Waals surface area contributed by atoms with E-state index in [9.17, 15) is 19.8 Å². The van der Waals surface area contributed by atoms with Crippen LogP contribution in [0.15, 0.2) is 36.5 Å². The molecule has 0 aromatic rings. The maximum atomic E-state index is 13.2. The molecule has 0 bridgehead atoms. The van der Waals surface area contributed by atoms with Crippen molar-refractivity contribution in [1.82, 2.24) is 5.32 Å². The lowest BCUT2D eigenvalue weighted by Gasteiger charge is -2.24. The topological polar surface area (TPSA) is 95.9 Å². The summed E-state index contributed by atoms with van der Waals surface area (Å²) >= 11 is 0. The van der Waals surface area contributed by atoms with Crippen LogP contribution < -0.4 is 5.32 Å². The molecule has 0 saturated carbocycles. The average Bonchev–Trinajstić information content (AvgIpc) is 3.28. The van der Waals surface area contributed by atoms with Crippen LogP contribution in [0.3, 0.4) is 0 Å². The SMILES string of the molecule is CCCCCCCCC/C=C\CCCC(CC(=O)NC(CO)C(O)CCCCCCCCCCCCCCCCCC)OC(=O)CCCCC/C=C/C=C/CCCCCCCCC. The van der Waals surface area contributed by atoms with Crippen molar-refractivity contribution in [3.05, 3.63) is 36.5 Å². The van der Waals surface area contributed by atoms with Crippen molar-refractivity contribution in [3.8, 4) is 0 Å². The Morgan fingerprint density at radius 3 is 1.25 bits per heavy atom. The molecular formula is C57H107NO5. The standard InChI is InChI=1S/C57H107NO5/c1-4-7-10-13-16-19-22-25-27-29-31-34-37-40-43-46-49-55(60)54(52-59)58-56(61)51-53(48-45-42-39-36-33-24-21-18-15-12-9-6-3)63-57(62)50-47-44-41-38-35-32-30-28-26-23-20-17-14-11-8-5-2/h28,30,32,35-36,39,53-55,59-60H,4-27,29,31,33-34,37-38,40-52H2,1-3H3,(H,58,61)/b30-28+,35-32+,39-36-. The van der Waals surface area contributed by atoms with E-state index in [1.54, 1.807) is 0 Å². The molecule has 1 amide bonds. The summed E-state index contributed by atoms with van der Waals surface area (Å²) in [6, 6.07) is -0.714. The predicted octanol–water partition coefficient (Wildman–Crippen LogP) is 16.8. The third kappa shape index (κ3) is 46.4. The highest BCUT2D eigenvalue weighted by atomic mass is 16.5. The molecule has 0 radical (unpaired) electrons. The molecule has 370 valence electrons. The average molecular weight is 886 g/mol. The van der Waals surface area contributed by atoms with Gasteiger partial charge in [-0.3, -0.25) is 9.59 Å². The molecule has 0 aromatic heterocycles. The molecule has 63 heavy (non-hydrogen) atoms. The second-order valence-corrected chi connectivity index (χ2v) is 19.0. The van der Waals surface area contributed by atoms with Crippen molar-refractivity contribution in [2.75, 3.05) is 6.61 Å². The van der Waals surface area contributed by atoms with Crippen LogP contribution in [-0.4, -0.2) is 46.9 Å². The van der Waals surface area contributed by atoms with Gasteiger partial charge in [-0.1, -0.05) is 243 Å². The van der Waals surface area contributed by atoms with Crippen molar-refractivity contribution in [3.63, 3.8) is 0 Å². The number of rotatable bonds is 50. The molecule has 0 aliphatic heterocycles. The number of aliphatic hydroxyl groups is 2. The third-order valence-electron chi connectivity index (χ3n) is 12.7. The van der Waals surface area contributed by atoms with Gasteiger partial charge >= 0.3 is 5.97 Å². The molecule has 3 N–H and O–H groups in total. The molecule has 0 aliphatic rings. The molecule has 6 heteroatoms. The van der Waals surface area contributed by atoms with Gasteiger partial charge in [0, 0.05) is 6.42 Å². The number of ether oxygens (including phenoxy) is 1. The molecule has 0 aromatic carbocycles. The van der Waals surface area contributed by atoms with Crippen molar-refractivity contribution in [1.29, 1.82) is 0 Å². The fourth-order valence-electron chi connectivity index (χ4n) is 8.48. The van der Waals surface area contributed by atoms with Gasteiger partial charge in [-0.15, -0.1) is 0 Å². The maximum Gasteiger partial charge on any atom is 0.306 e. The molecule has 0 saturated heterocycles. The van der Waals surface area contributed by atoms with E-state index in [0.29, 0.717) is 19.3 Å². The highest BCUT2D eigenvalue weighted by molar-refractivity contribution is 5.77. The van der Waals surface area contributed by atoms with Gasteiger partial charge in [-0.05, 0) is 70.6 Å². The van der Waals surface area contributed by atoms with E-state index in [4.69, 9.17) is 4.74 Å². The first-order valence-electron chi connectivity index (χ1n) is 27.7. The Labute approximate surface area is 392 Å². The van der Waals surface area contributed by atoms with Crippen LogP contribution in [0.4, 0.5) is 0 Å². The number of carbonyl (C=O) groups excluding carboxylic acids is 2. The largest absolute Gasteiger partial charge is 0.462 e. The van der Waals surface area contributed by atoms with Gasteiger partial charge in [0.1, 0.15) is 6.10 Å².